The van der Waals surface area contributed by atoms with Gasteiger partial charge in [-0.1, -0.05) is 11.6 Å². The van der Waals surface area contributed by atoms with Gasteiger partial charge in [0.25, 0.3) is 0 Å². The van der Waals surface area contributed by atoms with Crippen LogP contribution in [0.4, 0.5) is 5.69 Å². The highest BCUT2D eigenvalue weighted by Crippen LogP contribution is 2.23. The molecule has 2 rings (SSSR count). The van der Waals surface area contributed by atoms with Crippen molar-refractivity contribution in [3.05, 3.63) is 29.3 Å². The Hall–Kier alpha value is -1.26. The van der Waals surface area contributed by atoms with Crippen LogP contribution in [0.2, 0.25) is 5.02 Å². The number of benzene rings is 1. The van der Waals surface area contributed by atoms with E-state index in [4.69, 9.17) is 16.3 Å². The van der Waals surface area contributed by atoms with Gasteiger partial charge < -0.3 is 14.5 Å². The molecule has 128 valence electrons. The maximum Gasteiger partial charge on any atom is 0.224 e. The average molecular weight is 339 g/mol. The SMILES string of the molecule is CC(C)OCCC(=O)N(C)C1CCN(c2ccc(Cl)cc2)CC1. The minimum Gasteiger partial charge on any atom is -0.378 e. The largest absolute Gasteiger partial charge is 0.378 e. The number of carbonyl (C=O) groups is 1. The van der Waals surface area contributed by atoms with Crippen LogP contribution in [0, 0.1) is 0 Å². The first-order valence-electron chi connectivity index (χ1n) is 8.35. The van der Waals surface area contributed by atoms with E-state index in [2.05, 4.69) is 17.0 Å². The quantitative estimate of drug-likeness (QED) is 0.794. The van der Waals surface area contributed by atoms with Crippen LogP contribution in [0.1, 0.15) is 33.1 Å². The fourth-order valence-corrected chi connectivity index (χ4v) is 3.05. The molecule has 0 aliphatic carbocycles. The van der Waals surface area contributed by atoms with Gasteiger partial charge in [-0.15, -0.1) is 0 Å². The first-order chi connectivity index (χ1) is 11.0. The molecule has 1 amide bonds. The van der Waals surface area contributed by atoms with Gasteiger partial charge in [0.15, 0.2) is 0 Å². The van der Waals surface area contributed by atoms with Crippen LogP contribution >= 0.6 is 11.6 Å². The molecule has 1 aliphatic heterocycles. The standard InChI is InChI=1S/C18H27ClN2O2/c1-14(2)23-13-10-18(22)20(3)16-8-11-21(12-9-16)17-6-4-15(19)5-7-17/h4-7,14,16H,8-13H2,1-3H3. The number of rotatable bonds is 6. The number of halogens is 1. The van der Waals surface area contributed by atoms with Crippen molar-refractivity contribution in [1.82, 2.24) is 4.90 Å². The van der Waals surface area contributed by atoms with E-state index in [-0.39, 0.29) is 12.0 Å². The fourth-order valence-electron chi connectivity index (χ4n) is 2.93. The van der Waals surface area contributed by atoms with Gasteiger partial charge in [-0.25, -0.2) is 0 Å². The molecule has 1 heterocycles. The van der Waals surface area contributed by atoms with Crippen molar-refractivity contribution in [2.75, 3.05) is 31.6 Å². The predicted molar refractivity (Wildman–Crippen MR) is 95.2 cm³/mol. The van der Waals surface area contributed by atoms with Crippen molar-refractivity contribution in [2.45, 2.75) is 45.3 Å². The zero-order valence-electron chi connectivity index (χ0n) is 14.3. The molecule has 1 aromatic rings. The molecule has 0 bridgehead atoms. The zero-order chi connectivity index (χ0) is 16.8. The average Bonchev–Trinajstić information content (AvgIpc) is 2.54. The second-order valence-electron chi connectivity index (χ2n) is 6.37. The molecule has 1 saturated heterocycles. The van der Waals surface area contributed by atoms with Crippen LogP contribution in [0.5, 0.6) is 0 Å². The Bertz CT molecular complexity index is 496. The lowest BCUT2D eigenvalue weighted by Gasteiger charge is -2.38. The summed E-state index contributed by atoms with van der Waals surface area (Å²) in [5.41, 5.74) is 1.20. The van der Waals surface area contributed by atoms with Gasteiger partial charge in [0.05, 0.1) is 19.1 Å². The van der Waals surface area contributed by atoms with Crippen molar-refractivity contribution < 1.29 is 9.53 Å². The summed E-state index contributed by atoms with van der Waals surface area (Å²) in [6, 6.07) is 8.28. The van der Waals surface area contributed by atoms with Crippen molar-refractivity contribution in [2.24, 2.45) is 0 Å². The minimum atomic E-state index is 0.176. The van der Waals surface area contributed by atoms with E-state index >= 15 is 0 Å². The van der Waals surface area contributed by atoms with E-state index in [1.54, 1.807) is 0 Å². The number of hydrogen-bond donors (Lipinski definition) is 0. The van der Waals surface area contributed by atoms with Gasteiger partial charge in [0, 0.05) is 36.9 Å². The Morgan fingerprint density at radius 2 is 1.91 bits per heavy atom. The summed E-state index contributed by atoms with van der Waals surface area (Å²) < 4.78 is 5.47. The Labute approximate surface area is 144 Å². The minimum absolute atomic E-state index is 0.176. The summed E-state index contributed by atoms with van der Waals surface area (Å²) in [6.07, 6.45) is 2.63. The summed E-state index contributed by atoms with van der Waals surface area (Å²) in [5, 5.41) is 0.762. The maximum atomic E-state index is 12.2. The summed E-state index contributed by atoms with van der Waals surface area (Å²) in [4.78, 5) is 16.5. The van der Waals surface area contributed by atoms with Crippen LogP contribution in [0.3, 0.4) is 0 Å². The molecule has 1 fully saturated rings. The van der Waals surface area contributed by atoms with Crippen molar-refractivity contribution in [3.63, 3.8) is 0 Å². The van der Waals surface area contributed by atoms with Crippen molar-refractivity contribution in [1.29, 1.82) is 0 Å². The fraction of sp³-hybridized carbons (Fsp3) is 0.611. The highest BCUT2D eigenvalue weighted by molar-refractivity contribution is 6.30. The number of amides is 1. The third-order valence-corrected chi connectivity index (χ3v) is 4.62. The normalized spacial score (nSPS) is 16.0. The molecular weight excluding hydrogens is 312 g/mol. The lowest BCUT2D eigenvalue weighted by atomic mass is 10.0. The number of anilines is 1. The second-order valence-corrected chi connectivity index (χ2v) is 6.81. The van der Waals surface area contributed by atoms with E-state index in [0.29, 0.717) is 19.1 Å². The molecule has 0 atom stereocenters. The Kier molecular flexibility index (Phi) is 6.72. The summed E-state index contributed by atoms with van der Waals surface area (Å²) in [6.45, 7) is 6.41. The monoisotopic (exact) mass is 338 g/mol. The Morgan fingerprint density at radius 3 is 2.48 bits per heavy atom. The lowest BCUT2D eigenvalue weighted by molar-refractivity contribution is -0.133. The van der Waals surface area contributed by atoms with Gasteiger partial charge >= 0.3 is 0 Å². The first-order valence-corrected chi connectivity index (χ1v) is 8.73. The molecular formula is C18H27ClN2O2. The molecule has 0 saturated carbocycles. The molecule has 0 radical (unpaired) electrons. The number of nitrogens with zero attached hydrogens (tertiary/aromatic N) is 2. The number of hydrogen-bond acceptors (Lipinski definition) is 3. The maximum absolute atomic E-state index is 12.2. The molecule has 1 aromatic carbocycles. The van der Waals surface area contributed by atoms with Crippen LogP contribution < -0.4 is 4.90 Å². The molecule has 0 unspecified atom stereocenters. The summed E-state index contributed by atoms with van der Waals surface area (Å²) in [5.74, 6) is 0.176. The number of ether oxygens (including phenoxy) is 1. The smallest absolute Gasteiger partial charge is 0.224 e. The molecule has 0 N–H and O–H groups in total. The van der Waals surface area contributed by atoms with Crippen LogP contribution in [-0.4, -0.2) is 49.7 Å². The molecule has 0 aromatic heterocycles. The molecule has 23 heavy (non-hydrogen) atoms. The molecule has 0 spiro atoms. The van der Waals surface area contributed by atoms with Gasteiger partial charge in [0.2, 0.25) is 5.91 Å². The van der Waals surface area contributed by atoms with Crippen LogP contribution in [0.15, 0.2) is 24.3 Å². The Morgan fingerprint density at radius 1 is 1.30 bits per heavy atom. The van der Waals surface area contributed by atoms with Crippen molar-refractivity contribution >= 4 is 23.2 Å². The van der Waals surface area contributed by atoms with E-state index < -0.39 is 0 Å². The van der Waals surface area contributed by atoms with Crippen molar-refractivity contribution in [3.8, 4) is 0 Å². The van der Waals surface area contributed by atoms with Gasteiger partial charge in [-0.3, -0.25) is 4.79 Å². The summed E-state index contributed by atoms with van der Waals surface area (Å²) in [7, 11) is 1.92. The number of piperidine rings is 1. The highest BCUT2D eigenvalue weighted by atomic mass is 35.5. The van der Waals surface area contributed by atoms with Crippen LogP contribution in [0.25, 0.3) is 0 Å². The van der Waals surface area contributed by atoms with Gasteiger partial charge in [0.1, 0.15) is 0 Å². The molecule has 1 aliphatic rings. The second kappa shape index (κ2) is 8.55. The van der Waals surface area contributed by atoms with E-state index in [0.717, 1.165) is 31.0 Å². The Balaban J connectivity index is 1.79. The van der Waals surface area contributed by atoms with E-state index in [1.165, 1.54) is 5.69 Å². The first kappa shape index (κ1) is 18.1. The van der Waals surface area contributed by atoms with Gasteiger partial charge in [-0.2, -0.15) is 0 Å². The molecule has 4 nitrogen and oxygen atoms in total. The van der Waals surface area contributed by atoms with E-state index in [1.807, 2.05) is 37.9 Å². The predicted octanol–water partition coefficient (Wildman–Crippen LogP) is 3.58. The lowest BCUT2D eigenvalue weighted by Crippen LogP contribution is -2.45. The number of carbonyl (C=O) groups excluding carboxylic acids is 1. The zero-order valence-corrected chi connectivity index (χ0v) is 15.1. The third-order valence-electron chi connectivity index (χ3n) is 4.36. The highest BCUT2D eigenvalue weighted by Gasteiger charge is 2.25. The summed E-state index contributed by atoms with van der Waals surface area (Å²) >= 11 is 5.94. The van der Waals surface area contributed by atoms with Gasteiger partial charge in [-0.05, 0) is 51.0 Å². The third kappa shape index (κ3) is 5.40. The van der Waals surface area contributed by atoms with Crippen LogP contribution in [-0.2, 0) is 9.53 Å². The topological polar surface area (TPSA) is 32.8 Å². The molecule has 5 heteroatoms. The van der Waals surface area contributed by atoms with E-state index in [9.17, 15) is 4.79 Å².